The average molecular weight is 358 g/mol. The summed E-state index contributed by atoms with van der Waals surface area (Å²) in [6.07, 6.45) is 1.64. The predicted octanol–water partition coefficient (Wildman–Crippen LogP) is 3.38. The summed E-state index contributed by atoms with van der Waals surface area (Å²) in [6.45, 7) is 1.74. The van der Waals surface area contributed by atoms with Gasteiger partial charge in [0.1, 0.15) is 16.4 Å². The summed E-state index contributed by atoms with van der Waals surface area (Å²) in [5, 5.41) is 19.1. The van der Waals surface area contributed by atoms with Crippen LogP contribution in [0.25, 0.3) is 22.5 Å². The van der Waals surface area contributed by atoms with E-state index in [0.29, 0.717) is 27.9 Å². The molecule has 1 atom stereocenters. The number of halogens is 1. The largest absolute Gasteiger partial charge is 0.493 e. The second-order valence-electron chi connectivity index (χ2n) is 6.02. The Morgan fingerprint density at radius 2 is 1.88 bits per heavy atom. The summed E-state index contributed by atoms with van der Waals surface area (Å²) in [5.74, 6) is 1.16. The van der Waals surface area contributed by atoms with Gasteiger partial charge < -0.3 is 14.6 Å². The van der Waals surface area contributed by atoms with Crippen LogP contribution in [0.15, 0.2) is 30.5 Å². The molecule has 2 aromatic heterocycles. The number of rotatable bonds is 3. The molecular weight excluding hydrogens is 342 g/mol. The molecule has 0 radical (unpaired) electrons. The molecule has 1 aliphatic rings. The van der Waals surface area contributed by atoms with Crippen LogP contribution in [0.1, 0.15) is 18.1 Å². The van der Waals surface area contributed by atoms with Crippen molar-refractivity contribution in [3.05, 3.63) is 46.7 Å². The third kappa shape index (κ3) is 2.22. The SMILES string of the molecule is COc1cc2c(cc1OC)C(C)(O)c1c(-c3ccc(Cl)nc3)n[nH]c1-2. The molecular formula is C18H16ClN3O3. The van der Waals surface area contributed by atoms with Gasteiger partial charge in [0.2, 0.25) is 0 Å². The fraction of sp³-hybridized carbons (Fsp3) is 0.222. The summed E-state index contributed by atoms with van der Waals surface area (Å²) in [5.41, 5.74) is 3.20. The lowest BCUT2D eigenvalue weighted by Crippen LogP contribution is -2.20. The second kappa shape index (κ2) is 5.47. The normalized spacial score (nSPS) is 18.0. The van der Waals surface area contributed by atoms with E-state index >= 15 is 0 Å². The van der Waals surface area contributed by atoms with Crippen molar-refractivity contribution in [1.29, 1.82) is 0 Å². The number of aromatic amines is 1. The third-order valence-corrected chi connectivity index (χ3v) is 4.80. The molecule has 0 aliphatic heterocycles. The van der Waals surface area contributed by atoms with Gasteiger partial charge in [-0.25, -0.2) is 4.98 Å². The lowest BCUT2D eigenvalue weighted by Gasteiger charge is -2.21. The average Bonchev–Trinajstić information content (AvgIpc) is 3.14. The Kier molecular flexibility index (Phi) is 3.49. The first kappa shape index (κ1) is 15.9. The molecule has 2 N–H and O–H groups in total. The fourth-order valence-electron chi connectivity index (χ4n) is 3.36. The van der Waals surface area contributed by atoms with Gasteiger partial charge in [-0.2, -0.15) is 5.10 Å². The number of hydrogen-bond donors (Lipinski definition) is 2. The summed E-state index contributed by atoms with van der Waals surface area (Å²) in [6, 6.07) is 7.16. The standard InChI is InChI=1S/C18H16ClN3O3/c1-18(23)11-7-13(25-3)12(24-2)6-10(11)17-15(18)16(21-22-17)9-4-5-14(19)20-8-9/h4-8,23H,1-3H3,(H,21,22). The zero-order valence-electron chi connectivity index (χ0n) is 13.9. The van der Waals surface area contributed by atoms with E-state index in [9.17, 15) is 5.11 Å². The van der Waals surface area contributed by atoms with E-state index in [-0.39, 0.29) is 0 Å². The molecule has 6 nitrogen and oxygen atoms in total. The van der Waals surface area contributed by atoms with Crippen molar-refractivity contribution < 1.29 is 14.6 Å². The lowest BCUT2D eigenvalue weighted by molar-refractivity contribution is 0.107. The van der Waals surface area contributed by atoms with E-state index in [1.54, 1.807) is 39.5 Å². The maximum atomic E-state index is 11.3. The highest BCUT2D eigenvalue weighted by Gasteiger charge is 2.43. The van der Waals surface area contributed by atoms with E-state index < -0.39 is 5.60 Å². The van der Waals surface area contributed by atoms with Crippen LogP contribution in [0.4, 0.5) is 0 Å². The van der Waals surface area contributed by atoms with Gasteiger partial charge in [-0.1, -0.05) is 11.6 Å². The minimum atomic E-state index is -1.23. The lowest BCUT2D eigenvalue weighted by atomic mass is 9.91. The van der Waals surface area contributed by atoms with Crippen LogP contribution in [-0.4, -0.2) is 34.5 Å². The van der Waals surface area contributed by atoms with Gasteiger partial charge in [0.25, 0.3) is 0 Å². The molecule has 0 amide bonds. The Hall–Kier alpha value is -2.57. The molecule has 3 aromatic rings. The number of aliphatic hydroxyl groups is 1. The summed E-state index contributed by atoms with van der Waals surface area (Å²) in [7, 11) is 3.15. The number of hydrogen-bond acceptors (Lipinski definition) is 5. The molecule has 0 saturated carbocycles. The molecule has 1 unspecified atom stereocenters. The second-order valence-corrected chi connectivity index (χ2v) is 6.40. The van der Waals surface area contributed by atoms with Crippen molar-refractivity contribution >= 4 is 11.6 Å². The minimum Gasteiger partial charge on any atom is -0.493 e. The number of ether oxygens (including phenoxy) is 2. The number of methoxy groups -OCH3 is 2. The number of pyridine rings is 1. The number of aromatic nitrogens is 3. The fourth-order valence-corrected chi connectivity index (χ4v) is 3.47. The molecule has 1 aliphatic carbocycles. The van der Waals surface area contributed by atoms with Crippen molar-refractivity contribution in [3.8, 4) is 34.0 Å². The molecule has 4 rings (SSSR count). The van der Waals surface area contributed by atoms with Crippen LogP contribution in [-0.2, 0) is 5.60 Å². The molecule has 0 fully saturated rings. The van der Waals surface area contributed by atoms with E-state index in [2.05, 4.69) is 15.2 Å². The number of nitrogens with zero attached hydrogens (tertiary/aromatic N) is 2. The van der Waals surface area contributed by atoms with Crippen LogP contribution in [0.2, 0.25) is 5.15 Å². The Labute approximate surface area is 149 Å². The van der Waals surface area contributed by atoms with Crippen LogP contribution in [0.5, 0.6) is 11.5 Å². The summed E-state index contributed by atoms with van der Waals surface area (Å²) < 4.78 is 10.8. The Balaban J connectivity index is 1.95. The Morgan fingerprint density at radius 1 is 1.16 bits per heavy atom. The maximum Gasteiger partial charge on any atom is 0.161 e. The number of nitrogens with one attached hydrogen (secondary N) is 1. The van der Waals surface area contributed by atoms with Gasteiger partial charge >= 0.3 is 0 Å². The van der Waals surface area contributed by atoms with Crippen molar-refractivity contribution in [2.75, 3.05) is 14.2 Å². The summed E-state index contributed by atoms with van der Waals surface area (Å²) in [4.78, 5) is 4.10. The van der Waals surface area contributed by atoms with Gasteiger partial charge in [0.05, 0.1) is 19.9 Å². The van der Waals surface area contributed by atoms with Crippen LogP contribution in [0, 0.1) is 0 Å². The number of fused-ring (bicyclic) bond motifs is 3. The van der Waals surface area contributed by atoms with Crippen molar-refractivity contribution in [2.24, 2.45) is 0 Å². The highest BCUT2D eigenvalue weighted by atomic mass is 35.5. The smallest absolute Gasteiger partial charge is 0.161 e. The molecule has 1 aromatic carbocycles. The van der Waals surface area contributed by atoms with Gasteiger partial charge in [-0.15, -0.1) is 0 Å². The van der Waals surface area contributed by atoms with Gasteiger partial charge in [0.15, 0.2) is 11.5 Å². The monoisotopic (exact) mass is 357 g/mol. The first-order chi connectivity index (χ1) is 12.0. The van der Waals surface area contributed by atoms with Gasteiger partial charge in [-0.05, 0) is 31.2 Å². The molecule has 0 saturated heterocycles. The van der Waals surface area contributed by atoms with Crippen LogP contribution >= 0.6 is 11.6 Å². The highest BCUT2D eigenvalue weighted by Crippen LogP contribution is 2.52. The summed E-state index contributed by atoms with van der Waals surface area (Å²) >= 11 is 5.87. The van der Waals surface area contributed by atoms with E-state index in [1.165, 1.54) is 0 Å². The van der Waals surface area contributed by atoms with Gasteiger partial charge in [0, 0.05) is 28.5 Å². The first-order valence-corrected chi connectivity index (χ1v) is 8.05. The highest BCUT2D eigenvalue weighted by molar-refractivity contribution is 6.29. The van der Waals surface area contributed by atoms with Crippen molar-refractivity contribution in [1.82, 2.24) is 15.2 Å². The third-order valence-electron chi connectivity index (χ3n) is 4.57. The zero-order valence-corrected chi connectivity index (χ0v) is 14.7. The van der Waals surface area contributed by atoms with E-state index in [1.807, 2.05) is 12.1 Å². The van der Waals surface area contributed by atoms with Crippen molar-refractivity contribution in [2.45, 2.75) is 12.5 Å². The van der Waals surface area contributed by atoms with E-state index in [0.717, 1.165) is 22.4 Å². The number of benzene rings is 1. The Bertz CT molecular complexity index is 964. The predicted molar refractivity (Wildman–Crippen MR) is 94.0 cm³/mol. The zero-order chi connectivity index (χ0) is 17.8. The van der Waals surface area contributed by atoms with E-state index in [4.69, 9.17) is 21.1 Å². The molecule has 25 heavy (non-hydrogen) atoms. The molecule has 0 spiro atoms. The van der Waals surface area contributed by atoms with Crippen LogP contribution in [0.3, 0.4) is 0 Å². The molecule has 0 bridgehead atoms. The first-order valence-electron chi connectivity index (χ1n) is 7.67. The van der Waals surface area contributed by atoms with Crippen LogP contribution < -0.4 is 9.47 Å². The number of H-pyrrole nitrogens is 1. The molecule has 7 heteroatoms. The van der Waals surface area contributed by atoms with Gasteiger partial charge in [-0.3, -0.25) is 5.10 Å². The quantitative estimate of drug-likeness (QED) is 0.702. The maximum absolute atomic E-state index is 11.3. The Morgan fingerprint density at radius 3 is 2.52 bits per heavy atom. The topological polar surface area (TPSA) is 80.3 Å². The molecule has 128 valence electrons. The minimum absolute atomic E-state index is 0.403. The molecule has 2 heterocycles. The van der Waals surface area contributed by atoms with Crippen molar-refractivity contribution in [3.63, 3.8) is 0 Å².